The number of aromatic nitrogens is 2. The fourth-order valence-corrected chi connectivity index (χ4v) is 2.16. The fourth-order valence-electron chi connectivity index (χ4n) is 2.16. The minimum Gasteiger partial charge on any atom is -0.388 e. The molecule has 2 aliphatic rings. The number of fused-ring (bicyclic) bond motifs is 1. The predicted molar refractivity (Wildman–Crippen MR) is 46.8 cm³/mol. The van der Waals surface area contributed by atoms with E-state index in [1.165, 1.54) is 0 Å². The summed E-state index contributed by atoms with van der Waals surface area (Å²) >= 11 is 0. The van der Waals surface area contributed by atoms with E-state index in [1.54, 1.807) is 6.20 Å². The first-order valence-electron chi connectivity index (χ1n) is 4.76. The summed E-state index contributed by atoms with van der Waals surface area (Å²) in [6.07, 6.45) is 2.91. The molecule has 14 heavy (non-hydrogen) atoms. The maximum Gasteiger partial charge on any atom is 0.114 e. The smallest absolute Gasteiger partial charge is 0.114 e. The van der Waals surface area contributed by atoms with Gasteiger partial charge < -0.3 is 14.6 Å². The second kappa shape index (κ2) is 3.05. The van der Waals surface area contributed by atoms with E-state index in [2.05, 4.69) is 5.10 Å². The SMILES string of the molecule is OC1COC2C1OCC2n1cccn1. The van der Waals surface area contributed by atoms with Crippen LogP contribution in [-0.4, -0.2) is 46.4 Å². The van der Waals surface area contributed by atoms with Crippen LogP contribution in [0.3, 0.4) is 0 Å². The van der Waals surface area contributed by atoms with E-state index in [-0.39, 0.29) is 18.2 Å². The topological polar surface area (TPSA) is 56.5 Å². The first-order chi connectivity index (χ1) is 6.86. The van der Waals surface area contributed by atoms with Gasteiger partial charge in [-0.15, -0.1) is 0 Å². The largest absolute Gasteiger partial charge is 0.388 e. The number of hydrogen-bond donors (Lipinski definition) is 1. The zero-order valence-corrected chi connectivity index (χ0v) is 7.61. The zero-order valence-electron chi connectivity index (χ0n) is 7.61. The Morgan fingerprint density at radius 2 is 2.14 bits per heavy atom. The molecule has 0 aromatic carbocycles. The van der Waals surface area contributed by atoms with E-state index in [0.29, 0.717) is 13.2 Å². The van der Waals surface area contributed by atoms with Crippen molar-refractivity contribution < 1.29 is 14.6 Å². The van der Waals surface area contributed by atoms with Gasteiger partial charge in [0.25, 0.3) is 0 Å². The van der Waals surface area contributed by atoms with Crippen molar-refractivity contribution in [3.63, 3.8) is 0 Å². The molecular weight excluding hydrogens is 184 g/mol. The van der Waals surface area contributed by atoms with Gasteiger partial charge in [0.05, 0.1) is 13.2 Å². The minimum absolute atomic E-state index is 0.0510. The summed E-state index contributed by atoms with van der Waals surface area (Å²) in [6.45, 7) is 0.932. The minimum atomic E-state index is -0.486. The van der Waals surface area contributed by atoms with Gasteiger partial charge in [-0.1, -0.05) is 0 Å². The molecule has 1 aromatic heterocycles. The Morgan fingerprint density at radius 1 is 1.29 bits per heavy atom. The Morgan fingerprint density at radius 3 is 2.93 bits per heavy atom. The molecule has 4 unspecified atom stereocenters. The van der Waals surface area contributed by atoms with Crippen molar-refractivity contribution in [2.75, 3.05) is 13.2 Å². The lowest BCUT2D eigenvalue weighted by molar-refractivity contribution is 0.0169. The van der Waals surface area contributed by atoms with Crippen LogP contribution in [0.4, 0.5) is 0 Å². The van der Waals surface area contributed by atoms with Crippen molar-refractivity contribution in [2.24, 2.45) is 0 Å². The Kier molecular flexibility index (Phi) is 1.83. The van der Waals surface area contributed by atoms with Crippen LogP contribution >= 0.6 is 0 Å². The lowest BCUT2D eigenvalue weighted by atomic mass is 10.1. The van der Waals surface area contributed by atoms with E-state index in [9.17, 15) is 5.11 Å². The third kappa shape index (κ3) is 1.10. The normalized spacial score (nSPS) is 41.5. The molecule has 2 fully saturated rings. The van der Waals surface area contributed by atoms with E-state index in [0.717, 1.165) is 0 Å². The molecule has 5 nitrogen and oxygen atoms in total. The molecule has 0 amide bonds. The number of aliphatic hydroxyl groups is 1. The fraction of sp³-hybridized carbons (Fsp3) is 0.667. The van der Waals surface area contributed by atoms with Gasteiger partial charge in [-0.3, -0.25) is 4.68 Å². The van der Waals surface area contributed by atoms with E-state index in [4.69, 9.17) is 9.47 Å². The van der Waals surface area contributed by atoms with Gasteiger partial charge in [-0.2, -0.15) is 5.10 Å². The number of aliphatic hydroxyl groups excluding tert-OH is 1. The average Bonchev–Trinajstić information content (AvgIpc) is 2.84. The van der Waals surface area contributed by atoms with Crippen LogP contribution in [0.25, 0.3) is 0 Å². The molecule has 5 heteroatoms. The molecule has 0 bridgehead atoms. The Hall–Kier alpha value is -0.910. The highest BCUT2D eigenvalue weighted by Gasteiger charge is 2.47. The summed E-state index contributed by atoms with van der Waals surface area (Å²) in [7, 11) is 0. The molecule has 1 aromatic rings. The van der Waals surface area contributed by atoms with Crippen molar-refractivity contribution in [3.8, 4) is 0 Å². The molecule has 2 aliphatic heterocycles. The number of ether oxygens (including phenoxy) is 2. The van der Waals surface area contributed by atoms with Gasteiger partial charge in [-0.05, 0) is 6.07 Å². The molecular formula is C9H12N2O3. The average molecular weight is 196 g/mol. The number of rotatable bonds is 1. The summed E-state index contributed by atoms with van der Waals surface area (Å²) in [4.78, 5) is 0. The van der Waals surface area contributed by atoms with Crippen molar-refractivity contribution in [3.05, 3.63) is 18.5 Å². The van der Waals surface area contributed by atoms with Crippen molar-refractivity contribution >= 4 is 0 Å². The summed E-state index contributed by atoms with van der Waals surface area (Å²) < 4.78 is 12.8. The van der Waals surface area contributed by atoms with Crippen LogP contribution in [0.2, 0.25) is 0 Å². The molecule has 0 radical (unpaired) electrons. The lowest BCUT2D eigenvalue weighted by Gasteiger charge is -2.15. The summed E-state index contributed by atoms with van der Waals surface area (Å²) in [6, 6.07) is 1.98. The van der Waals surface area contributed by atoms with Crippen LogP contribution in [0.5, 0.6) is 0 Å². The third-order valence-electron chi connectivity index (χ3n) is 2.87. The third-order valence-corrected chi connectivity index (χ3v) is 2.87. The van der Waals surface area contributed by atoms with Gasteiger partial charge in [0, 0.05) is 12.4 Å². The van der Waals surface area contributed by atoms with Gasteiger partial charge in [0.2, 0.25) is 0 Å². The van der Waals surface area contributed by atoms with Crippen LogP contribution in [0.15, 0.2) is 18.5 Å². The molecule has 2 saturated heterocycles. The van der Waals surface area contributed by atoms with Crippen LogP contribution in [-0.2, 0) is 9.47 Å². The van der Waals surface area contributed by atoms with E-state index < -0.39 is 6.10 Å². The van der Waals surface area contributed by atoms with Crippen LogP contribution < -0.4 is 0 Å². The summed E-state index contributed by atoms with van der Waals surface area (Å²) in [5.74, 6) is 0. The molecule has 3 heterocycles. The second-order valence-electron chi connectivity index (χ2n) is 3.72. The van der Waals surface area contributed by atoms with Crippen molar-refractivity contribution in [2.45, 2.75) is 24.4 Å². The van der Waals surface area contributed by atoms with Crippen LogP contribution in [0, 0.1) is 0 Å². The first-order valence-corrected chi connectivity index (χ1v) is 4.76. The van der Waals surface area contributed by atoms with Gasteiger partial charge in [0.15, 0.2) is 0 Å². The molecule has 76 valence electrons. The number of nitrogens with zero attached hydrogens (tertiary/aromatic N) is 2. The standard InChI is InChI=1S/C9H12N2O3/c12-7-5-14-8-6(4-13-9(7)8)11-3-1-2-10-11/h1-3,6-9,12H,4-5H2. The Balaban J connectivity index is 1.84. The molecule has 1 N–H and O–H groups in total. The Bertz CT molecular complexity index is 314. The maximum atomic E-state index is 9.53. The predicted octanol–water partition coefficient (Wildman–Crippen LogP) is -0.417. The molecule has 4 atom stereocenters. The summed E-state index contributed by atoms with van der Waals surface area (Å²) in [5, 5.41) is 13.7. The van der Waals surface area contributed by atoms with Gasteiger partial charge in [0.1, 0.15) is 24.4 Å². The van der Waals surface area contributed by atoms with Crippen molar-refractivity contribution in [1.29, 1.82) is 0 Å². The van der Waals surface area contributed by atoms with Crippen LogP contribution in [0.1, 0.15) is 6.04 Å². The monoisotopic (exact) mass is 196 g/mol. The molecule has 0 aliphatic carbocycles. The van der Waals surface area contributed by atoms with Crippen molar-refractivity contribution in [1.82, 2.24) is 9.78 Å². The van der Waals surface area contributed by atoms with Gasteiger partial charge in [-0.25, -0.2) is 0 Å². The highest BCUT2D eigenvalue weighted by atomic mass is 16.6. The Labute approximate surface area is 81.2 Å². The zero-order chi connectivity index (χ0) is 9.54. The summed E-state index contributed by atoms with van der Waals surface area (Å²) in [5.41, 5.74) is 0. The van der Waals surface area contributed by atoms with E-state index >= 15 is 0 Å². The molecule has 0 spiro atoms. The quantitative estimate of drug-likeness (QED) is 0.663. The number of hydrogen-bond acceptors (Lipinski definition) is 4. The lowest BCUT2D eigenvalue weighted by Crippen LogP contribution is -2.30. The second-order valence-corrected chi connectivity index (χ2v) is 3.72. The first kappa shape index (κ1) is 8.40. The highest BCUT2D eigenvalue weighted by molar-refractivity contribution is 4.97. The molecule has 3 rings (SSSR count). The maximum absolute atomic E-state index is 9.53. The molecule has 0 saturated carbocycles. The van der Waals surface area contributed by atoms with Gasteiger partial charge >= 0.3 is 0 Å². The highest BCUT2D eigenvalue weighted by Crippen LogP contribution is 2.33. The van der Waals surface area contributed by atoms with E-state index in [1.807, 2.05) is 16.9 Å².